The molecule has 2 heterocycles. The Balaban J connectivity index is 1.76. The number of carbonyl (C=O) groups is 2. The average molecular weight is 457 g/mol. The Bertz CT molecular complexity index is 827. The van der Waals surface area contributed by atoms with Crippen LogP contribution in [0.25, 0.3) is 0 Å². The number of hydrogen-bond acceptors (Lipinski definition) is 4. The van der Waals surface area contributed by atoms with Gasteiger partial charge in [0.2, 0.25) is 11.8 Å². The first-order valence-corrected chi connectivity index (χ1v) is 12.0. The second-order valence-corrected chi connectivity index (χ2v) is 10.4. The lowest BCUT2D eigenvalue weighted by atomic mass is 10.0. The third-order valence-electron chi connectivity index (χ3n) is 5.30. The van der Waals surface area contributed by atoms with Crippen LogP contribution in [0.3, 0.4) is 0 Å². The average Bonchev–Trinajstić information content (AvgIpc) is 3.18. The molecule has 148 valence electrons. The summed E-state index contributed by atoms with van der Waals surface area (Å²) in [4.78, 5) is 29.1. The van der Waals surface area contributed by atoms with Crippen LogP contribution in [0.15, 0.2) is 28.7 Å². The molecule has 2 aliphatic heterocycles. The Morgan fingerprint density at radius 2 is 2.07 bits per heavy atom. The molecule has 3 rings (SSSR count). The highest BCUT2D eigenvalue weighted by Crippen LogP contribution is 2.32. The van der Waals surface area contributed by atoms with Gasteiger partial charge >= 0.3 is 0 Å². The third kappa shape index (κ3) is 4.54. The number of unbranched alkanes of at least 4 members (excludes halogenated alkanes) is 1. The summed E-state index contributed by atoms with van der Waals surface area (Å²) in [7, 11) is -3.07. The van der Waals surface area contributed by atoms with Crippen molar-refractivity contribution in [3.63, 3.8) is 0 Å². The van der Waals surface area contributed by atoms with Gasteiger partial charge in [-0.3, -0.25) is 9.59 Å². The van der Waals surface area contributed by atoms with Crippen LogP contribution in [-0.4, -0.2) is 55.8 Å². The first kappa shape index (κ1) is 20.3. The lowest BCUT2D eigenvalue weighted by molar-refractivity contribution is -0.137. The highest BCUT2D eigenvalue weighted by molar-refractivity contribution is 9.10. The number of amides is 2. The maximum absolute atomic E-state index is 13.2. The number of anilines is 1. The molecule has 1 aromatic rings. The number of benzene rings is 1. The van der Waals surface area contributed by atoms with Crippen molar-refractivity contribution in [3.05, 3.63) is 28.7 Å². The zero-order chi connectivity index (χ0) is 19.6. The topological polar surface area (TPSA) is 74.8 Å². The number of rotatable bonds is 6. The number of halogens is 1. The monoisotopic (exact) mass is 456 g/mol. The van der Waals surface area contributed by atoms with E-state index in [4.69, 9.17) is 0 Å². The van der Waals surface area contributed by atoms with Crippen molar-refractivity contribution in [2.75, 3.05) is 29.5 Å². The lowest BCUT2D eigenvalue weighted by Gasteiger charge is -2.30. The molecular weight excluding hydrogens is 432 g/mol. The zero-order valence-electron chi connectivity index (χ0n) is 15.4. The molecule has 0 aliphatic carbocycles. The van der Waals surface area contributed by atoms with Crippen molar-refractivity contribution >= 4 is 43.3 Å². The molecule has 2 saturated heterocycles. The maximum atomic E-state index is 13.2. The number of carbonyl (C=O) groups excluding carboxylic acids is 2. The van der Waals surface area contributed by atoms with Crippen molar-refractivity contribution < 1.29 is 18.0 Å². The predicted octanol–water partition coefficient (Wildman–Crippen LogP) is 2.62. The molecule has 0 spiro atoms. The molecule has 2 atom stereocenters. The smallest absolute Gasteiger partial charge is 0.228 e. The van der Waals surface area contributed by atoms with E-state index in [9.17, 15) is 18.0 Å². The molecule has 2 amide bonds. The molecule has 2 unspecified atom stereocenters. The maximum Gasteiger partial charge on any atom is 0.228 e. The van der Waals surface area contributed by atoms with Crippen LogP contribution in [-0.2, 0) is 19.4 Å². The summed E-state index contributed by atoms with van der Waals surface area (Å²) in [6.07, 6.45) is 2.42. The molecule has 0 bridgehead atoms. The number of nitrogens with zero attached hydrogens (tertiary/aromatic N) is 2. The van der Waals surface area contributed by atoms with Crippen molar-refractivity contribution in [2.24, 2.45) is 5.92 Å². The van der Waals surface area contributed by atoms with Crippen molar-refractivity contribution in [3.8, 4) is 0 Å². The zero-order valence-corrected chi connectivity index (χ0v) is 17.8. The van der Waals surface area contributed by atoms with E-state index >= 15 is 0 Å². The minimum Gasteiger partial charge on any atom is -0.338 e. The van der Waals surface area contributed by atoms with Crippen LogP contribution in [0.4, 0.5) is 5.69 Å². The predicted molar refractivity (Wildman–Crippen MR) is 108 cm³/mol. The van der Waals surface area contributed by atoms with Gasteiger partial charge in [-0.25, -0.2) is 8.42 Å². The summed E-state index contributed by atoms with van der Waals surface area (Å²) in [5, 5.41) is 0. The molecule has 0 saturated carbocycles. The summed E-state index contributed by atoms with van der Waals surface area (Å²) in [5.41, 5.74) is 0.765. The van der Waals surface area contributed by atoms with Gasteiger partial charge in [0.25, 0.3) is 0 Å². The molecule has 2 fully saturated rings. The Kier molecular flexibility index (Phi) is 6.25. The second kappa shape index (κ2) is 8.31. The minimum atomic E-state index is -3.07. The molecule has 1 aromatic carbocycles. The summed E-state index contributed by atoms with van der Waals surface area (Å²) >= 11 is 3.46. The van der Waals surface area contributed by atoms with Gasteiger partial charge in [-0.1, -0.05) is 25.5 Å². The standard InChI is InChI=1S/C19H25BrN2O4S/c1-2-3-9-21(15-8-10-27(25,26)13-15)19(24)14-11-18(23)22(12-14)17-7-5-4-6-16(17)20/h4-7,14-15H,2-3,8-13H2,1H3. The van der Waals surface area contributed by atoms with E-state index in [2.05, 4.69) is 15.9 Å². The molecule has 6 nitrogen and oxygen atoms in total. The van der Waals surface area contributed by atoms with Gasteiger partial charge in [-0.2, -0.15) is 0 Å². The third-order valence-corrected chi connectivity index (χ3v) is 7.72. The Labute approximate surface area is 168 Å². The molecule has 0 aromatic heterocycles. The van der Waals surface area contributed by atoms with Gasteiger partial charge in [-0.05, 0) is 40.9 Å². The van der Waals surface area contributed by atoms with Gasteiger partial charge < -0.3 is 9.80 Å². The van der Waals surface area contributed by atoms with Crippen molar-refractivity contribution in [2.45, 2.75) is 38.6 Å². The summed E-state index contributed by atoms with van der Waals surface area (Å²) < 4.78 is 24.6. The van der Waals surface area contributed by atoms with E-state index in [-0.39, 0.29) is 35.8 Å². The highest BCUT2D eigenvalue weighted by atomic mass is 79.9. The SMILES string of the molecule is CCCCN(C(=O)C1CC(=O)N(c2ccccc2Br)C1)C1CCS(=O)(=O)C1. The number of para-hydroxylation sites is 1. The number of sulfone groups is 1. The molecule has 0 N–H and O–H groups in total. The first-order chi connectivity index (χ1) is 12.8. The molecule has 2 aliphatic rings. The van der Waals surface area contributed by atoms with Crippen LogP contribution in [0.2, 0.25) is 0 Å². The van der Waals surface area contributed by atoms with E-state index in [1.165, 1.54) is 0 Å². The molecular formula is C19H25BrN2O4S. The molecule has 8 heteroatoms. The van der Waals surface area contributed by atoms with Crippen LogP contribution >= 0.6 is 15.9 Å². The lowest BCUT2D eigenvalue weighted by Crippen LogP contribution is -2.45. The molecule has 0 radical (unpaired) electrons. The second-order valence-electron chi connectivity index (χ2n) is 7.30. The van der Waals surface area contributed by atoms with Gasteiger partial charge in [0.1, 0.15) is 0 Å². The highest BCUT2D eigenvalue weighted by Gasteiger charge is 2.41. The van der Waals surface area contributed by atoms with Crippen LogP contribution in [0.1, 0.15) is 32.6 Å². The Morgan fingerprint density at radius 3 is 2.70 bits per heavy atom. The van der Waals surface area contributed by atoms with E-state index in [0.29, 0.717) is 19.5 Å². The van der Waals surface area contributed by atoms with Gasteiger partial charge in [0.05, 0.1) is 23.1 Å². The summed E-state index contributed by atoms with van der Waals surface area (Å²) in [6, 6.07) is 7.20. The minimum absolute atomic E-state index is 0.0388. The Morgan fingerprint density at radius 1 is 1.33 bits per heavy atom. The van der Waals surface area contributed by atoms with Crippen molar-refractivity contribution in [1.29, 1.82) is 0 Å². The number of hydrogen-bond donors (Lipinski definition) is 0. The normalized spacial score (nSPS) is 24.4. The van der Waals surface area contributed by atoms with Crippen LogP contribution < -0.4 is 4.90 Å². The van der Waals surface area contributed by atoms with E-state index in [1.807, 2.05) is 31.2 Å². The molecule has 27 heavy (non-hydrogen) atoms. The fraction of sp³-hybridized carbons (Fsp3) is 0.579. The fourth-order valence-corrected chi connectivity index (χ4v) is 6.06. The fourth-order valence-electron chi connectivity index (χ4n) is 3.83. The van der Waals surface area contributed by atoms with E-state index < -0.39 is 15.8 Å². The summed E-state index contributed by atoms with van der Waals surface area (Å²) in [5.74, 6) is -0.412. The van der Waals surface area contributed by atoms with Crippen LogP contribution in [0, 0.1) is 5.92 Å². The quantitative estimate of drug-likeness (QED) is 0.659. The van der Waals surface area contributed by atoms with Crippen molar-refractivity contribution in [1.82, 2.24) is 4.90 Å². The Hall–Kier alpha value is -1.41. The van der Waals surface area contributed by atoms with Crippen LogP contribution in [0.5, 0.6) is 0 Å². The van der Waals surface area contributed by atoms with Gasteiger partial charge in [0.15, 0.2) is 9.84 Å². The summed E-state index contributed by atoms with van der Waals surface area (Å²) in [6.45, 7) is 2.93. The van der Waals surface area contributed by atoms with Gasteiger partial charge in [-0.15, -0.1) is 0 Å². The van der Waals surface area contributed by atoms with E-state index in [1.54, 1.807) is 9.80 Å². The largest absolute Gasteiger partial charge is 0.338 e. The van der Waals surface area contributed by atoms with E-state index in [0.717, 1.165) is 23.0 Å². The van der Waals surface area contributed by atoms with Gasteiger partial charge in [0, 0.05) is 30.0 Å². The first-order valence-electron chi connectivity index (χ1n) is 9.38.